The Kier molecular flexibility index (Phi) is 2.75. The summed E-state index contributed by atoms with van der Waals surface area (Å²) >= 11 is 0. The lowest BCUT2D eigenvalue weighted by Gasteiger charge is -2.05. The van der Waals surface area contributed by atoms with Crippen molar-refractivity contribution in [3.05, 3.63) is 54.2 Å². The van der Waals surface area contributed by atoms with Crippen molar-refractivity contribution in [2.24, 2.45) is 0 Å². The normalized spacial score (nSPS) is 11.3. The molecule has 0 saturated carbocycles. The number of benzene rings is 1. The van der Waals surface area contributed by atoms with Crippen molar-refractivity contribution in [3.63, 3.8) is 0 Å². The van der Waals surface area contributed by atoms with Gasteiger partial charge in [-0.05, 0) is 30.7 Å². The van der Waals surface area contributed by atoms with Crippen LogP contribution in [0.1, 0.15) is 5.56 Å². The van der Waals surface area contributed by atoms with Gasteiger partial charge >= 0.3 is 0 Å². The SMILES string of the molecule is Cc1cccnc1S(=O)(=O)c1ccccc1. The second-order valence-electron chi connectivity index (χ2n) is 3.44. The molecule has 0 aliphatic carbocycles. The van der Waals surface area contributed by atoms with E-state index in [-0.39, 0.29) is 9.92 Å². The smallest absolute Gasteiger partial charge is 0.224 e. The highest BCUT2D eigenvalue weighted by Gasteiger charge is 2.20. The van der Waals surface area contributed by atoms with E-state index in [4.69, 9.17) is 0 Å². The van der Waals surface area contributed by atoms with Crippen LogP contribution in [0.4, 0.5) is 0 Å². The molecule has 2 rings (SSSR count). The molecule has 1 aromatic carbocycles. The maximum atomic E-state index is 12.2. The van der Waals surface area contributed by atoms with Gasteiger partial charge in [0.25, 0.3) is 0 Å². The van der Waals surface area contributed by atoms with Crippen molar-refractivity contribution in [1.29, 1.82) is 0 Å². The molecule has 0 radical (unpaired) electrons. The molecule has 0 unspecified atom stereocenters. The van der Waals surface area contributed by atoms with E-state index in [0.717, 1.165) is 0 Å². The number of sulfone groups is 1. The summed E-state index contributed by atoms with van der Waals surface area (Å²) in [4.78, 5) is 4.21. The van der Waals surface area contributed by atoms with Crippen LogP contribution < -0.4 is 0 Å². The average molecular weight is 233 g/mol. The molecule has 0 atom stereocenters. The zero-order chi connectivity index (χ0) is 11.6. The first-order chi connectivity index (χ1) is 7.62. The maximum absolute atomic E-state index is 12.2. The zero-order valence-corrected chi connectivity index (χ0v) is 9.61. The van der Waals surface area contributed by atoms with Crippen LogP contribution in [0.3, 0.4) is 0 Å². The molecule has 82 valence electrons. The lowest BCUT2D eigenvalue weighted by Crippen LogP contribution is -2.06. The first kappa shape index (κ1) is 10.8. The molecule has 1 heterocycles. The summed E-state index contributed by atoms with van der Waals surface area (Å²) in [6.07, 6.45) is 1.49. The standard InChI is InChI=1S/C12H11NO2S/c1-10-6-5-9-13-12(10)16(14,15)11-7-3-2-4-8-11/h2-9H,1H3. The van der Waals surface area contributed by atoms with Gasteiger partial charge in [0.2, 0.25) is 9.84 Å². The van der Waals surface area contributed by atoms with Crippen molar-refractivity contribution in [3.8, 4) is 0 Å². The van der Waals surface area contributed by atoms with Crippen molar-refractivity contribution in [2.75, 3.05) is 0 Å². The lowest BCUT2D eigenvalue weighted by molar-refractivity contribution is 0.591. The van der Waals surface area contributed by atoms with Gasteiger partial charge in [0.15, 0.2) is 5.03 Å². The summed E-state index contributed by atoms with van der Waals surface area (Å²) < 4.78 is 24.4. The topological polar surface area (TPSA) is 47.0 Å². The van der Waals surface area contributed by atoms with Crippen LogP contribution in [0.15, 0.2) is 58.6 Å². The zero-order valence-electron chi connectivity index (χ0n) is 8.79. The Bertz CT molecular complexity index is 591. The van der Waals surface area contributed by atoms with Gasteiger partial charge in [-0.25, -0.2) is 13.4 Å². The summed E-state index contributed by atoms with van der Waals surface area (Å²) in [5.41, 5.74) is 0.659. The summed E-state index contributed by atoms with van der Waals surface area (Å²) in [5, 5.41) is 0.126. The van der Waals surface area contributed by atoms with Gasteiger partial charge in [-0.15, -0.1) is 0 Å². The second kappa shape index (κ2) is 4.06. The highest BCUT2D eigenvalue weighted by molar-refractivity contribution is 7.91. The third-order valence-electron chi connectivity index (χ3n) is 2.27. The molecule has 0 aliphatic rings. The van der Waals surface area contributed by atoms with Crippen molar-refractivity contribution < 1.29 is 8.42 Å². The van der Waals surface area contributed by atoms with E-state index < -0.39 is 9.84 Å². The molecule has 1 aromatic heterocycles. The monoisotopic (exact) mass is 233 g/mol. The van der Waals surface area contributed by atoms with Crippen molar-refractivity contribution >= 4 is 9.84 Å². The first-order valence-electron chi connectivity index (χ1n) is 4.84. The van der Waals surface area contributed by atoms with Crippen molar-refractivity contribution in [2.45, 2.75) is 16.8 Å². The lowest BCUT2D eigenvalue weighted by atomic mass is 10.3. The molecule has 0 spiro atoms. The fraction of sp³-hybridized carbons (Fsp3) is 0.0833. The Morgan fingerprint density at radius 2 is 1.69 bits per heavy atom. The molecule has 4 heteroatoms. The third kappa shape index (κ3) is 1.84. The number of hydrogen-bond acceptors (Lipinski definition) is 3. The van der Waals surface area contributed by atoms with Gasteiger partial charge in [0.05, 0.1) is 4.90 Å². The van der Waals surface area contributed by atoms with Crippen LogP contribution in [-0.4, -0.2) is 13.4 Å². The largest absolute Gasteiger partial charge is 0.244 e. The van der Waals surface area contributed by atoms with E-state index in [1.807, 2.05) is 0 Å². The van der Waals surface area contributed by atoms with Crippen LogP contribution in [0, 0.1) is 6.92 Å². The molecule has 16 heavy (non-hydrogen) atoms. The van der Waals surface area contributed by atoms with E-state index in [9.17, 15) is 8.42 Å². The number of pyridine rings is 1. The van der Waals surface area contributed by atoms with E-state index >= 15 is 0 Å². The predicted molar refractivity (Wildman–Crippen MR) is 60.9 cm³/mol. The number of aryl methyl sites for hydroxylation is 1. The van der Waals surface area contributed by atoms with E-state index in [1.54, 1.807) is 49.4 Å². The van der Waals surface area contributed by atoms with Crippen LogP contribution >= 0.6 is 0 Å². The summed E-state index contributed by atoms with van der Waals surface area (Å²) in [6.45, 7) is 1.74. The third-order valence-corrected chi connectivity index (χ3v) is 4.10. The number of rotatable bonds is 2. The fourth-order valence-corrected chi connectivity index (χ4v) is 2.89. The second-order valence-corrected chi connectivity index (χ2v) is 5.31. The highest BCUT2D eigenvalue weighted by Crippen LogP contribution is 2.20. The minimum atomic E-state index is -3.48. The molecule has 0 N–H and O–H groups in total. The number of hydrogen-bond donors (Lipinski definition) is 0. The minimum absolute atomic E-state index is 0.126. The molecule has 2 aromatic rings. The van der Waals surface area contributed by atoms with E-state index in [2.05, 4.69) is 4.98 Å². The molecular weight excluding hydrogens is 222 g/mol. The van der Waals surface area contributed by atoms with Crippen LogP contribution in [-0.2, 0) is 9.84 Å². The molecule has 0 fully saturated rings. The van der Waals surface area contributed by atoms with E-state index in [0.29, 0.717) is 5.56 Å². The molecule has 3 nitrogen and oxygen atoms in total. The quantitative estimate of drug-likeness (QED) is 0.799. The van der Waals surface area contributed by atoms with Gasteiger partial charge in [0.1, 0.15) is 0 Å². The average Bonchev–Trinajstić information content (AvgIpc) is 2.30. The Morgan fingerprint density at radius 3 is 2.31 bits per heavy atom. The Labute approximate surface area is 94.7 Å². The summed E-state index contributed by atoms with van der Waals surface area (Å²) in [7, 11) is -3.48. The van der Waals surface area contributed by atoms with Crippen LogP contribution in [0.2, 0.25) is 0 Å². The van der Waals surface area contributed by atoms with Crippen molar-refractivity contribution in [1.82, 2.24) is 4.98 Å². The molecule has 0 bridgehead atoms. The maximum Gasteiger partial charge on any atom is 0.224 e. The molecule has 0 amide bonds. The molecule has 0 saturated heterocycles. The van der Waals surface area contributed by atoms with Gasteiger partial charge in [0, 0.05) is 6.20 Å². The Balaban J connectivity index is 2.62. The van der Waals surface area contributed by atoms with Crippen LogP contribution in [0.25, 0.3) is 0 Å². The fourth-order valence-electron chi connectivity index (χ4n) is 1.46. The number of aromatic nitrogens is 1. The molecule has 0 aliphatic heterocycles. The van der Waals surface area contributed by atoms with Gasteiger partial charge < -0.3 is 0 Å². The highest BCUT2D eigenvalue weighted by atomic mass is 32.2. The van der Waals surface area contributed by atoms with Gasteiger partial charge in [-0.3, -0.25) is 0 Å². The predicted octanol–water partition coefficient (Wildman–Crippen LogP) is 2.22. The van der Waals surface area contributed by atoms with Crippen LogP contribution in [0.5, 0.6) is 0 Å². The molecular formula is C12H11NO2S. The van der Waals surface area contributed by atoms with Gasteiger partial charge in [-0.1, -0.05) is 24.3 Å². The van der Waals surface area contributed by atoms with Gasteiger partial charge in [-0.2, -0.15) is 0 Å². The first-order valence-corrected chi connectivity index (χ1v) is 6.32. The van der Waals surface area contributed by atoms with E-state index in [1.165, 1.54) is 6.20 Å². The Morgan fingerprint density at radius 1 is 1.00 bits per heavy atom. The summed E-state index contributed by atoms with van der Waals surface area (Å²) in [6, 6.07) is 11.8. The number of nitrogens with zero attached hydrogens (tertiary/aromatic N) is 1. The minimum Gasteiger partial charge on any atom is -0.244 e. The summed E-state index contributed by atoms with van der Waals surface area (Å²) in [5.74, 6) is 0. The Hall–Kier alpha value is -1.68.